The first kappa shape index (κ1) is 16.6. The van der Waals surface area contributed by atoms with Gasteiger partial charge in [0.2, 0.25) is 0 Å². The third kappa shape index (κ3) is 3.79. The Balaban J connectivity index is 1.69. The highest BCUT2D eigenvalue weighted by atomic mass is 16.5. The number of carbonyl (C=O) groups is 1. The fourth-order valence-corrected chi connectivity index (χ4v) is 3.16. The van der Waals surface area contributed by atoms with E-state index in [1.54, 1.807) is 12.3 Å². The predicted molar refractivity (Wildman–Crippen MR) is 92.2 cm³/mol. The van der Waals surface area contributed by atoms with E-state index in [1.165, 1.54) is 12.8 Å². The zero-order valence-corrected chi connectivity index (χ0v) is 14.0. The molecule has 1 aromatic heterocycles. The first-order valence-corrected chi connectivity index (χ1v) is 8.57. The van der Waals surface area contributed by atoms with Crippen molar-refractivity contribution in [3.05, 3.63) is 54.0 Å². The molecule has 1 aromatic carbocycles. The van der Waals surface area contributed by atoms with E-state index in [4.69, 9.17) is 9.15 Å². The van der Waals surface area contributed by atoms with Gasteiger partial charge in [0, 0.05) is 6.54 Å². The quantitative estimate of drug-likeness (QED) is 0.848. The van der Waals surface area contributed by atoms with Gasteiger partial charge in [-0.05, 0) is 57.1 Å². The van der Waals surface area contributed by atoms with Crippen LogP contribution in [0.5, 0.6) is 5.75 Å². The second-order valence-corrected chi connectivity index (χ2v) is 5.91. The Morgan fingerprint density at radius 3 is 2.75 bits per heavy atom. The van der Waals surface area contributed by atoms with Crippen molar-refractivity contribution in [1.29, 1.82) is 0 Å². The number of para-hydroxylation sites is 1. The molecule has 0 spiro atoms. The summed E-state index contributed by atoms with van der Waals surface area (Å²) in [6.45, 7) is 5.04. The lowest BCUT2D eigenvalue weighted by molar-refractivity contribution is 0.0930. The number of furan rings is 1. The van der Waals surface area contributed by atoms with Gasteiger partial charge in [0.25, 0.3) is 5.91 Å². The van der Waals surface area contributed by atoms with Crippen molar-refractivity contribution in [2.75, 3.05) is 26.2 Å². The van der Waals surface area contributed by atoms with E-state index in [1.807, 2.05) is 37.3 Å². The minimum Gasteiger partial charge on any atom is -0.493 e. The first-order chi connectivity index (χ1) is 11.8. The van der Waals surface area contributed by atoms with Crippen molar-refractivity contribution < 1.29 is 13.9 Å². The molecule has 128 valence electrons. The number of ether oxygens (including phenoxy) is 1. The molecule has 3 rings (SSSR count). The van der Waals surface area contributed by atoms with Crippen LogP contribution in [0.15, 0.2) is 47.1 Å². The standard InChI is InChI=1S/C19H24N2O3/c1-2-23-17-9-4-3-8-15(17)19(22)20-14-16(18-10-7-13-24-18)21-11-5-6-12-21/h3-4,7-10,13,16H,2,5-6,11-12,14H2,1H3,(H,20,22)/t16-/m0/s1. The van der Waals surface area contributed by atoms with Crippen LogP contribution < -0.4 is 10.1 Å². The van der Waals surface area contributed by atoms with E-state index in [2.05, 4.69) is 10.2 Å². The zero-order valence-electron chi connectivity index (χ0n) is 14.0. The van der Waals surface area contributed by atoms with Crippen LogP contribution in [0, 0.1) is 0 Å². The molecule has 0 bridgehead atoms. The van der Waals surface area contributed by atoms with Crippen LogP contribution >= 0.6 is 0 Å². The molecular weight excluding hydrogens is 304 g/mol. The minimum absolute atomic E-state index is 0.0747. The lowest BCUT2D eigenvalue weighted by Crippen LogP contribution is -2.36. The highest BCUT2D eigenvalue weighted by Gasteiger charge is 2.26. The number of nitrogens with zero attached hydrogens (tertiary/aromatic N) is 1. The maximum absolute atomic E-state index is 12.6. The molecular formula is C19H24N2O3. The molecule has 0 unspecified atom stereocenters. The minimum atomic E-state index is -0.116. The number of amides is 1. The van der Waals surface area contributed by atoms with Crippen molar-refractivity contribution in [2.24, 2.45) is 0 Å². The molecule has 2 heterocycles. The van der Waals surface area contributed by atoms with Gasteiger partial charge in [-0.25, -0.2) is 0 Å². The van der Waals surface area contributed by atoms with Crippen LogP contribution in [-0.4, -0.2) is 37.0 Å². The summed E-state index contributed by atoms with van der Waals surface area (Å²) in [5.41, 5.74) is 0.568. The molecule has 1 aliphatic heterocycles. The van der Waals surface area contributed by atoms with E-state index in [0.29, 0.717) is 24.5 Å². The summed E-state index contributed by atoms with van der Waals surface area (Å²) in [6, 6.07) is 11.3. The van der Waals surface area contributed by atoms with Crippen LogP contribution in [-0.2, 0) is 0 Å². The summed E-state index contributed by atoms with van der Waals surface area (Å²) >= 11 is 0. The molecule has 1 fully saturated rings. The van der Waals surface area contributed by atoms with Crippen LogP contribution in [0.2, 0.25) is 0 Å². The molecule has 1 N–H and O–H groups in total. The van der Waals surface area contributed by atoms with Crippen molar-refractivity contribution in [2.45, 2.75) is 25.8 Å². The number of hydrogen-bond acceptors (Lipinski definition) is 4. The second kappa shape index (κ2) is 8.02. The SMILES string of the molecule is CCOc1ccccc1C(=O)NC[C@@H](c1ccco1)N1CCCC1. The number of likely N-dealkylation sites (tertiary alicyclic amines) is 1. The van der Waals surface area contributed by atoms with Crippen molar-refractivity contribution >= 4 is 5.91 Å². The molecule has 1 amide bonds. The summed E-state index contributed by atoms with van der Waals surface area (Å²) in [5, 5.41) is 3.04. The molecule has 24 heavy (non-hydrogen) atoms. The average Bonchev–Trinajstić information content (AvgIpc) is 3.30. The molecule has 0 aliphatic carbocycles. The maximum Gasteiger partial charge on any atom is 0.255 e. The highest BCUT2D eigenvalue weighted by molar-refractivity contribution is 5.96. The molecule has 1 saturated heterocycles. The van der Waals surface area contributed by atoms with Crippen molar-refractivity contribution in [3.63, 3.8) is 0 Å². The maximum atomic E-state index is 12.6. The number of benzene rings is 1. The van der Waals surface area contributed by atoms with E-state index < -0.39 is 0 Å². The number of carbonyl (C=O) groups excluding carboxylic acids is 1. The smallest absolute Gasteiger partial charge is 0.255 e. The molecule has 1 aliphatic rings. The third-order valence-corrected chi connectivity index (χ3v) is 4.34. The Labute approximate surface area is 142 Å². The number of hydrogen-bond donors (Lipinski definition) is 1. The van der Waals surface area contributed by atoms with Gasteiger partial charge in [-0.3, -0.25) is 9.69 Å². The van der Waals surface area contributed by atoms with E-state index in [0.717, 1.165) is 18.8 Å². The fraction of sp³-hybridized carbons (Fsp3) is 0.421. The van der Waals surface area contributed by atoms with Gasteiger partial charge in [0.1, 0.15) is 11.5 Å². The zero-order chi connectivity index (χ0) is 16.8. The summed E-state index contributed by atoms with van der Waals surface area (Å²) in [4.78, 5) is 15.0. The fourth-order valence-electron chi connectivity index (χ4n) is 3.16. The lowest BCUT2D eigenvalue weighted by atomic mass is 10.1. The van der Waals surface area contributed by atoms with Crippen LogP contribution in [0.3, 0.4) is 0 Å². The summed E-state index contributed by atoms with van der Waals surface area (Å²) < 4.78 is 11.1. The van der Waals surface area contributed by atoms with Crippen molar-refractivity contribution in [1.82, 2.24) is 10.2 Å². The number of rotatable bonds is 7. The van der Waals surface area contributed by atoms with E-state index in [9.17, 15) is 4.79 Å². The molecule has 2 aromatic rings. The number of nitrogens with one attached hydrogen (secondary N) is 1. The van der Waals surface area contributed by atoms with Gasteiger partial charge >= 0.3 is 0 Å². The first-order valence-electron chi connectivity index (χ1n) is 8.57. The Hall–Kier alpha value is -2.27. The monoisotopic (exact) mass is 328 g/mol. The van der Waals surface area contributed by atoms with Crippen LogP contribution in [0.1, 0.15) is 41.9 Å². The molecule has 1 atom stereocenters. The van der Waals surface area contributed by atoms with Crippen LogP contribution in [0.25, 0.3) is 0 Å². The van der Waals surface area contributed by atoms with Gasteiger partial charge in [-0.15, -0.1) is 0 Å². The van der Waals surface area contributed by atoms with Crippen LogP contribution in [0.4, 0.5) is 0 Å². The lowest BCUT2D eigenvalue weighted by Gasteiger charge is -2.26. The largest absolute Gasteiger partial charge is 0.493 e. The van der Waals surface area contributed by atoms with Gasteiger partial charge in [0.05, 0.1) is 24.5 Å². The molecule has 0 saturated carbocycles. The van der Waals surface area contributed by atoms with Gasteiger partial charge in [-0.2, -0.15) is 0 Å². The van der Waals surface area contributed by atoms with Gasteiger partial charge in [-0.1, -0.05) is 12.1 Å². The topological polar surface area (TPSA) is 54.7 Å². The van der Waals surface area contributed by atoms with Gasteiger partial charge < -0.3 is 14.5 Å². The predicted octanol–water partition coefficient (Wildman–Crippen LogP) is 3.25. The molecule has 5 heteroatoms. The van der Waals surface area contributed by atoms with Crippen molar-refractivity contribution in [3.8, 4) is 5.75 Å². The normalized spacial score (nSPS) is 16.0. The Morgan fingerprint density at radius 1 is 1.25 bits per heavy atom. The molecule has 5 nitrogen and oxygen atoms in total. The Kier molecular flexibility index (Phi) is 5.54. The highest BCUT2D eigenvalue weighted by Crippen LogP contribution is 2.25. The Morgan fingerprint density at radius 2 is 2.04 bits per heavy atom. The summed E-state index contributed by atoms with van der Waals surface area (Å²) in [6.07, 6.45) is 4.07. The van der Waals surface area contributed by atoms with E-state index >= 15 is 0 Å². The summed E-state index contributed by atoms with van der Waals surface area (Å²) in [5.74, 6) is 1.40. The molecule has 0 radical (unpaired) electrons. The average molecular weight is 328 g/mol. The second-order valence-electron chi connectivity index (χ2n) is 5.91. The van der Waals surface area contributed by atoms with Gasteiger partial charge in [0.15, 0.2) is 0 Å². The Bertz CT molecular complexity index is 648. The summed E-state index contributed by atoms with van der Waals surface area (Å²) in [7, 11) is 0. The third-order valence-electron chi connectivity index (χ3n) is 4.34. The van der Waals surface area contributed by atoms with E-state index in [-0.39, 0.29) is 11.9 Å².